The molecule has 13 heteroatoms. The van der Waals surface area contributed by atoms with Crippen molar-refractivity contribution in [3.05, 3.63) is 65.0 Å². The normalized spacial score (nSPS) is 22.7. The number of phenols is 1. The summed E-state index contributed by atoms with van der Waals surface area (Å²) in [6, 6.07) is 9.43. The maximum atomic E-state index is 14.3. The second-order valence-electron chi connectivity index (χ2n) is 15.2. The van der Waals surface area contributed by atoms with Crippen LogP contribution in [-0.2, 0) is 24.2 Å². The number of amides is 1. The molecule has 9 rings (SSSR count). The van der Waals surface area contributed by atoms with E-state index in [-0.39, 0.29) is 17.8 Å². The van der Waals surface area contributed by atoms with E-state index in [1.807, 2.05) is 36.2 Å². The van der Waals surface area contributed by atoms with E-state index < -0.39 is 5.82 Å². The third-order valence-electron chi connectivity index (χ3n) is 11.8. The van der Waals surface area contributed by atoms with Gasteiger partial charge in [-0.05, 0) is 85.6 Å². The molecule has 5 aliphatic rings. The van der Waals surface area contributed by atoms with Gasteiger partial charge < -0.3 is 25.2 Å². The Balaban J connectivity index is 0.827. The number of aromatic hydroxyl groups is 1. The number of hydrogen-bond donors (Lipinski definition) is 4. The molecular weight excluding hydrogens is 647 g/mol. The Kier molecular flexibility index (Phi) is 7.97. The predicted molar refractivity (Wildman–Crippen MR) is 193 cm³/mol. The van der Waals surface area contributed by atoms with Gasteiger partial charge in [0.1, 0.15) is 17.6 Å². The van der Waals surface area contributed by atoms with Crippen molar-refractivity contribution in [1.29, 1.82) is 0 Å². The van der Waals surface area contributed by atoms with Gasteiger partial charge in [0, 0.05) is 69.5 Å². The number of fused-ring (bicyclic) bond motifs is 2. The van der Waals surface area contributed by atoms with Gasteiger partial charge in [0.2, 0.25) is 0 Å². The number of H-pyrrole nitrogens is 2. The monoisotopic (exact) mass is 692 g/mol. The van der Waals surface area contributed by atoms with Crippen molar-refractivity contribution < 1.29 is 14.3 Å². The molecule has 3 fully saturated rings. The van der Waals surface area contributed by atoms with Crippen LogP contribution < -0.4 is 5.32 Å². The molecule has 2 saturated heterocycles. The summed E-state index contributed by atoms with van der Waals surface area (Å²) in [4.78, 5) is 36.0. The number of halogens is 1. The van der Waals surface area contributed by atoms with Crippen LogP contribution in [-0.4, -0.2) is 122 Å². The SMILES string of the molecule is CCc1cc(O)c(F)cc1-c1ccc2c(-c3nc4c([nH]3)CN(C(=O)C3=CNC(N5CCCN(C6CC7(C6)CN(C)C7)CC5)C=N3)CC4)n[nH]c2c1. The van der Waals surface area contributed by atoms with Crippen LogP contribution in [0.15, 0.2) is 47.2 Å². The number of imidazole rings is 1. The zero-order valence-electron chi connectivity index (χ0n) is 29.3. The van der Waals surface area contributed by atoms with Gasteiger partial charge in [0.25, 0.3) is 5.91 Å². The Hall–Kier alpha value is -4.59. The van der Waals surface area contributed by atoms with Crippen LogP contribution in [0.3, 0.4) is 0 Å². The van der Waals surface area contributed by atoms with Gasteiger partial charge in [-0.25, -0.2) is 9.37 Å². The smallest absolute Gasteiger partial charge is 0.274 e. The molecule has 6 heterocycles. The van der Waals surface area contributed by atoms with Crippen molar-refractivity contribution in [3.8, 4) is 28.4 Å². The lowest BCUT2D eigenvalue weighted by atomic mass is 9.60. The average Bonchev–Trinajstić information content (AvgIpc) is 3.65. The van der Waals surface area contributed by atoms with Crippen molar-refractivity contribution in [2.24, 2.45) is 10.4 Å². The van der Waals surface area contributed by atoms with Gasteiger partial charge >= 0.3 is 0 Å². The second-order valence-corrected chi connectivity index (χ2v) is 15.2. The minimum atomic E-state index is -0.647. The summed E-state index contributed by atoms with van der Waals surface area (Å²) in [5.41, 5.74) is 6.76. The van der Waals surface area contributed by atoms with Crippen LogP contribution in [0.25, 0.3) is 33.5 Å². The number of aryl methyl sites for hydroxylation is 1. The lowest BCUT2D eigenvalue weighted by Crippen LogP contribution is -2.65. The minimum absolute atomic E-state index is 0.00616. The fourth-order valence-electron chi connectivity index (χ4n) is 9.14. The number of aromatic nitrogens is 4. The summed E-state index contributed by atoms with van der Waals surface area (Å²) in [5, 5.41) is 21.9. The lowest BCUT2D eigenvalue weighted by Gasteiger charge is -2.60. The molecule has 2 aromatic heterocycles. The summed E-state index contributed by atoms with van der Waals surface area (Å²) in [7, 11) is 2.22. The molecule has 0 radical (unpaired) electrons. The molecular formula is C38H45FN10O2. The molecule has 1 spiro atoms. The molecule has 2 aromatic carbocycles. The maximum absolute atomic E-state index is 14.3. The van der Waals surface area contributed by atoms with Crippen LogP contribution in [0.1, 0.15) is 43.1 Å². The Morgan fingerprint density at radius 1 is 1.08 bits per heavy atom. The Morgan fingerprint density at radius 2 is 1.90 bits per heavy atom. The fraction of sp³-hybridized carbons (Fsp3) is 0.474. The van der Waals surface area contributed by atoms with Crippen LogP contribution in [0.2, 0.25) is 0 Å². The molecule has 12 nitrogen and oxygen atoms in total. The number of carbonyl (C=O) groups is 1. The van der Waals surface area contributed by atoms with Gasteiger partial charge in [-0.2, -0.15) is 5.10 Å². The first-order chi connectivity index (χ1) is 24.8. The fourth-order valence-corrected chi connectivity index (χ4v) is 9.14. The first-order valence-corrected chi connectivity index (χ1v) is 18.3. The highest BCUT2D eigenvalue weighted by Crippen LogP contribution is 2.49. The van der Waals surface area contributed by atoms with E-state index >= 15 is 0 Å². The number of nitrogens with one attached hydrogen (secondary N) is 3. The average molecular weight is 693 g/mol. The first kappa shape index (κ1) is 32.3. The quantitative estimate of drug-likeness (QED) is 0.240. The standard InChI is InChI=1S/C38H45FN10O2/c1-3-23-14-33(50)28(39)15-27(23)24-5-6-26-30(13-24)44-45-35(26)36-42-29-7-10-49(20-32(29)43-36)37(51)31-18-41-34(19-40-31)48-9-4-8-47(11-12-48)25-16-38(17-25)21-46(2)22-38/h5-6,13-15,18-19,25,34,41,50H,3-4,7-12,16-17,20-22H2,1-2H3,(H,42,43)(H,44,45). The van der Waals surface area contributed by atoms with Gasteiger partial charge in [-0.1, -0.05) is 13.0 Å². The molecule has 1 amide bonds. The minimum Gasteiger partial charge on any atom is -0.505 e. The van der Waals surface area contributed by atoms with E-state index in [0.29, 0.717) is 48.6 Å². The van der Waals surface area contributed by atoms with Crippen molar-refractivity contribution in [2.45, 2.75) is 57.8 Å². The zero-order chi connectivity index (χ0) is 34.9. The van der Waals surface area contributed by atoms with Gasteiger partial charge in [-0.3, -0.25) is 24.7 Å². The summed E-state index contributed by atoms with van der Waals surface area (Å²) in [6.07, 6.45) is 8.80. The van der Waals surface area contributed by atoms with Crippen LogP contribution in [0.5, 0.6) is 5.75 Å². The molecule has 1 saturated carbocycles. The number of hydrogen-bond acceptors (Lipinski definition) is 9. The lowest BCUT2D eigenvalue weighted by molar-refractivity contribution is -0.128. The molecule has 4 aliphatic heterocycles. The number of phenolic OH excluding ortho intramolecular Hbond substituents is 1. The van der Waals surface area contributed by atoms with Crippen molar-refractivity contribution in [1.82, 2.24) is 45.1 Å². The number of nitrogens with zero attached hydrogens (tertiary/aromatic N) is 7. The molecule has 266 valence electrons. The van der Waals surface area contributed by atoms with Crippen LogP contribution in [0.4, 0.5) is 4.39 Å². The summed E-state index contributed by atoms with van der Waals surface area (Å²) in [5.74, 6) is -0.450. The summed E-state index contributed by atoms with van der Waals surface area (Å²) < 4.78 is 14.3. The van der Waals surface area contributed by atoms with Gasteiger partial charge in [-0.15, -0.1) is 0 Å². The van der Waals surface area contributed by atoms with Gasteiger partial charge in [0.05, 0.1) is 23.4 Å². The molecule has 51 heavy (non-hydrogen) atoms. The number of aliphatic imine (C=N–C) groups is 1. The van der Waals surface area contributed by atoms with E-state index in [1.165, 1.54) is 38.1 Å². The van der Waals surface area contributed by atoms with Crippen LogP contribution in [0, 0.1) is 11.2 Å². The highest BCUT2D eigenvalue weighted by atomic mass is 19.1. The van der Waals surface area contributed by atoms with Gasteiger partial charge in [0.15, 0.2) is 17.4 Å². The Morgan fingerprint density at radius 3 is 2.69 bits per heavy atom. The van der Waals surface area contributed by atoms with Crippen molar-refractivity contribution in [2.75, 3.05) is 52.9 Å². The first-order valence-electron chi connectivity index (χ1n) is 18.3. The Labute approximate surface area is 296 Å². The predicted octanol–water partition coefficient (Wildman–Crippen LogP) is 3.86. The zero-order valence-corrected chi connectivity index (χ0v) is 29.3. The number of likely N-dealkylation sites (tertiary alicyclic amines) is 1. The topological polar surface area (TPSA) is 132 Å². The maximum Gasteiger partial charge on any atom is 0.274 e. The summed E-state index contributed by atoms with van der Waals surface area (Å²) in [6.45, 7) is 9.71. The number of aromatic amines is 2. The largest absolute Gasteiger partial charge is 0.505 e. The third kappa shape index (κ3) is 5.81. The van der Waals surface area contributed by atoms with E-state index in [1.54, 1.807) is 6.20 Å². The molecule has 1 atom stereocenters. The van der Waals surface area contributed by atoms with E-state index in [0.717, 1.165) is 77.6 Å². The number of rotatable bonds is 6. The second kappa shape index (κ2) is 12.6. The van der Waals surface area contributed by atoms with E-state index in [9.17, 15) is 14.3 Å². The Bertz CT molecular complexity index is 2050. The molecule has 4 N–H and O–H groups in total. The number of benzene rings is 2. The van der Waals surface area contributed by atoms with Crippen molar-refractivity contribution >= 4 is 23.0 Å². The van der Waals surface area contributed by atoms with E-state index in [2.05, 4.69) is 47.2 Å². The summed E-state index contributed by atoms with van der Waals surface area (Å²) >= 11 is 0. The van der Waals surface area contributed by atoms with Crippen LogP contribution >= 0.6 is 0 Å². The number of carbonyl (C=O) groups excluding carboxylic acids is 1. The molecule has 0 bridgehead atoms. The highest BCUT2D eigenvalue weighted by molar-refractivity contribution is 5.96. The third-order valence-corrected chi connectivity index (χ3v) is 11.8. The van der Waals surface area contributed by atoms with E-state index in [4.69, 9.17) is 4.98 Å². The molecule has 1 aliphatic carbocycles. The molecule has 1 unspecified atom stereocenters. The highest BCUT2D eigenvalue weighted by Gasteiger charge is 2.52. The van der Waals surface area contributed by atoms with Crippen molar-refractivity contribution in [3.63, 3.8) is 0 Å². The molecule has 4 aromatic rings.